The standard InChI is InChI=1S/C10H16N4O/c1-8-6-11-13-14(8)7-10(15)12-9-4-2-3-5-9/h6,9H,2-5,7H2,1H3,(H,12,15). The third-order valence-corrected chi connectivity index (χ3v) is 2.82. The molecule has 1 fully saturated rings. The van der Waals surface area contributed by atoms with Crippen LogP contribution in [0.4, 0.5) is 0 Å². The zero-order valence-electron chi connectivity index (χ0n) is 8.94. The highest BCUT2D eigenvalue weighted by Gasteiger charge is 2.17. The lowest BCUT2D eigenvalue weighted by Gasteiger charge is -2.11. The summed E-state index contributed by atoms with van der Waals surface area (Å²) in [6, 6.07) is 0.376. The van der Waals surface area contributed by atoms with Gasteiger partial charge in [-0.1, -0.05) is 18.1 Å². The Kier molecular flexibility index (Phi) is 2.99. The van der Waals surface area contributed by atoms with Crippen LogP contribution in [-0.2, 0) is 11.3 Å². The van der Waals surface area contributed by atoms with Crippen molar-refractivity contribution in [2.75, 3.05) is 0 Å². The van der Waals surface area contributed by atoms with Crippen LogP contribution in [0.5, 0.6) is 0 Å². The largest absolute Gasteiger partial charge is 0.352 e. The van der Waals surface area contributed by atoms with Crippen molar-refractivity contribution >= 4 is 5.91 Å². The van der Waals surface area contributed by atoms with E-state index in [2.05, 4.69) is 15.6 Å². The summed E-state index contributed by atoms with van der Waals surface area (Å²) in [5, 5.41) is 10.6. The Morgan fingerprint density at radius 2 is 2.33 bits per heavy atom. The number of aryl methyl sites for hydroxylation is 1. The SMILES string of the molecule is Cc1cnnn1CC(=O)NC1CCCC1. The van der Waals surface area contributed by atoms with Gasteiger partial charge in [-0.15, -0.1) is 5.10 Å². The third kappa shape index (κ3) is 2.55. The van der Waals surface area contributed by atoms with Crippen molar-refractivity contribution in [3.8, 4) is 0 Å². The molecular formula is C10H16N4O. The predicted octanol–water partition coefficient (Wildman–Crippen LogP) is 0.645. The topological polar surface area (TPSA) is 59.8 Å². The molecule has 15 heavy (non-hydrogen) atoms. The van der Waals surface area contributed by atoms with Gasteiger partial charge in [0.25, 0.3) is 0 Å². The molecule has 1 aromatic rings. The monoisotopic (exact) mass is 208 g/mol. The van der Waals surface area contributed by atoms with E-state index in [1.54, 1.807) is 10.9 Å². The number of carbonyl (C=O) groups is 1. The van der Waals surface area contributed by atoms with Crippen molar-refractivity contribution in [1.82, 2.24) is 20.3 Å². The minimum Gasteiger partial charge on any atom is -0.352 e. The molecule has 0 atom stereocenters. The van der Waals surface area contributed by atoms with Crippen molar-refractivity contribution < 1.29 is 4.79 Å². The Labute approximate surface area is 88.9 Å². The van der Waals surface area contributed by atoms with Crippen LogP contribution in [0.15, 0.2) is 6.20 Å². The Hall–Kier alpha value is -1.39. The maximum atomic E-state index is 11.6. The van der Waals surface area contributed by atoms with Gasteiger partial charge in [-0.05, 0) is 19.8 Å². The van der Waals surface area contributed by atoms with E-state index in [4.69, 9.17) is 0 Å². The van der Waals surface area contributed by atoms with E-state index < -0.39 is 0 Å². The first kappa shape index (κ1) is 10.1. The highest BCUT2D eigenvalue weighted by molar-refractivity contribution is 5.76. The van der Waals surface area contributed by atoms with Gasteiger partial charge in [0.15, 0.2) is 0 Å². The van der Waals surface area contributed by atoms with Gasteiger partial charge in [-0.25, -0.2) is 4.68 Å². The average molecular weight is 208 g/mol. The molecule has 5 nitrogen and oxygen atoms in total. The summed E-state index contributed by atoms with van der Waals surface area (Å²) >= 11 is 0. The second-order valence-electron chi connectivity index (χ2n) is 4.08. The Morgan fingerprint density at radius 1 is 1.60 bits per heavy atom. The van der Waals surface area contributed by atoms with Gasteiger partial charge >= 0.3 is 0 Å². The molecule has 0 bridgehead atoms. The van der Waals surface area contributed by atoms with Gasteiger partial charge in [0.05, 0.1) is 11.9 Å². The van der Waals surface area contributed by atoms with Gasteiger partial charge in [0, 0.05) is 6.04 Å². The molecule has 1 heterocycles. The second kappa shape index (κ2) is 4.42. The molecule has 1 aliphatic carbocycles. The van der Waals surface area contributed by atoms with Crippen LogP contribution in [-0.4, -0.2) is 26.9 Å². The summed E-state index contributed by atoms with van der Waals surface area (Å²) < 4.78 is 1.62. The Morgan fingerprint density at radius 3 is 2.93 bits per heavy atom. The number of aromatic nitrogens is 3. The van der Waals surface area contributed by atoms with Crippen LogP contribution < -0.4 is 5.32 Å². The maximum absolute atomic E-state index is 11.6. The minimum absolute atomic E-state index is 0.0375. The van der Waals surface area contributed by atoms with Gasteiger partial charge in [-0.2, -0.15) is 0 Å². The molecule has 0 spiro atoms. The lowest BCUT2D eigenvalue weighted by molar-refractivity contribution is -0.122. The lowest BCUT2D eigenvalue weighted by Crippen LogP contribution is -2.35. The molecule has 1 saturated carbocycles. The molecule has 2 rings (SSSR count). The fourth-order valence-electron chi connectivity index (χ4n) is 1.94. The fraction of sp³-hybridized carbons (Fsp3) is 0.700. The second-order valence-corrected chi connectivity index (χ2v) is 4.08. The summed E-state index contributed by atoms with van der Waals surface area (Å²) in [4.78, 5) is 11.6. The molecule has 0 unspecified atom stereocenters. The van der Waals surface area contributed by atoms with Gasteiger partial charge in [-0.3, -0.25) is 4.79 Å². The van der Waals surface area contributed by atoms with Crippen molar-refractivity contribution in [1.29, 1.82) is 0 Å². The summed E-state index contributed by atoms with van der Waals surface area (Å²) in [5.74, 6) is 0.0375. The fourth-order valence-corrected chi connectivity index (χ4v) is 1.94. The zero-order valence-corrected chi connectivity index (χ0v) is 8.94. The van der Waals surface area contributed by atoms with Crippen LogP contribution in [0.3, 0.4) is 0 Å². The number of hydrogen-bond acceptors (Lipinski definition) is 3. The first-order valence-electron chi connectivity index (χ1n) is 5.40. The van der Waals surface area contributed by atoms with E-state index in [0.29, 0.717) is 6.04 Å². The number of nitrogens with one attached hydrogen (secondary N) is 1. The molecule has 1 aromatic heterocycles. The first-order valence-corrected chi connectivity index (χ1v) is 5.40. The Balaban J connectivity index is 1.84. The van der Waals surface area contributed by atoms with Crippen LogP contribution in [0.25, 0.3) is 0 Å². The average Bonchev–Trinajstić information content (AvgIpc) is 2.79. The molecule has 0 radical (unpaired) electrons. The van der Waals surface area contributed by atoms with E-state index in [0.717, 1.165) is 18.5 Å². The smallest absolute Gasteiger partial charge is 0.242 e. The van der Waals surface area contributed by atoms with E-state index in [9.17, 15) is 4.79 Å². The van der Waals surface area contributed by atoms with Crippen molar-refractivity contribution in [2.24, 2.45) is 0 Å². The van der Waals surface area contributed by atoms with Crippen LogP contribution >= 0.6 is 0 Å². The highest BCUT2D eigenvalue weighted by Crippen LogP contribution is 2.17. The molecule has 1 aliphatic rings. The minimum atomic E-state index is 0.0375. The number of hydrogen-bond donors (Lipinski definition) is 1. The number of rotatable bonds is 3. The van der Waals surface area contributed by atoms with E-state index in [1.165, 1.54) is 12.8 Å². The van der Waals surface area contributed by atoms with E-state index in [1.807, 2.05) is 6.92 Å². The molecule has 82 valence electrons. The predicted molar refractivity (Wildman–Crippen MR) is 55.2 cm³/mol. The summed E-state index contributed by atoms with van der Waals surface area (Å²) in [6.45, 7) is 2.17. The van der Waals surface area contributed by atoms with Crippen molar-refractivity contribution in [3.63, 3.8) is 0 Å². The number of amides is 1. The molecule has 0 aromatic carbocycles. The maximum Gasteiger partial charge on any atom is 0.242 e. The zero-order chi connectivity index (χ0) is 10.7. The Bertz CT molecular complexity index is 341. The lowest BCUT2D eigenvalue weighted by atomic mass is 10.2. The van der Waals surface area contributed by atoms with Crippen LogP contribution in [0.2, 0.25) is 0 Å². The summed E-state index contributed by atoms with van der Waals surface area (Å²) in [7, 11) is 0. The van der Waals surface area contributed by atoms with Gasteiger partial charge in [0.2, 0.25) is 5.91 Å². The number of carbonyl (C=O) groups excluding carboxylic acids is 1. The molecular weight excluding hydrogens is 192 g/mol. The normalized spacial score (nSPS) is 16.9. The van der Waals surface area contributed by atoms with Crippen LogP contribution in [0, 0.1) is 6.92 Å². The molecule has 0 saturated heterocycles. The molecule has 5 heteroatoms. The highest BCUT2D eigenvalue weighted by atomic mass is 16.2. The summed E-state index contributed by atoms with van der Waals surface area (Å²) in [6.07, 6.45) is 6.34. The molecule has 1 amide bonds. The van der Waals surface area contributed by atoms with Gasteiger partial charge < -0.3 is 5.32 Å². The van der Waals surface area contributed by atoms with E-state index in [-0.39, 0.29) is 12.5 Å². The number of nitrogens with zero attached hydrogens (tertiary/aromatic N) is 3. The van der Waals surface area contributed by atoms with Crippen molar-refractivity contribution in [2.45, 2.75) is 45.2 Å². The quantitative estimate of drug-likeness (QED) is 0.793. The molecule has 1 N–H and O–H groups in total. The first-order chi connectivity index (χ1) is 7.25. The van der Waals surface area contributed by atoms with Crippen LogP contribution in [0.1, 0.15) is 31.4 Å². The summed E-state index contributed by atoms with van der Waals surface area (Å²) in [5.41, 5.74) is 0.913. The van der Waals surface area contributed by atoms with Crippen molar-refractivity contribution in [3.05, 3.63) is 11.9 Å². The molecule has 0 aliphatic heterocycles. The third-order valence-electron chi connectivity index (χ3n) is 2.82. The van der Waals surface area contributed by atoms with E-state index >= 15 is 0 Å². The van der Waals surface area contributed by atoms with Gasteiger partial charge in [0.1, 0.15) is 6.54 Å².